The fourth-order valence-electron chi connectivity index (χ4n) is 5.59. The van der Waals surface area contributed by atoms with Gasteiger partial charge in [0.1, 0.15) is 0 Å². The Bertz CT molecular complexity index is 485. The Balaban J connectivity index is 3.52. The van der Waals surface area contributed by atoms with Crippen molar-refractivity contribution in [2.45, 2.75) is 212 Å². The van der Waals surface area contributed by atoms with Crippen LogP contribution in [0.1, 0.15) is 200 Å². The third-order valence-corrected chi connectivity index (χ3v) is 8.37. The first-order valence-electron chi connectivity index (χ1n) is 17.7. The van der Waals surface area contributed by atoms with Crippen molar-refractivity contribution < 1.29 is 15.0 Å². The topological polar surface area (TPSA) is 69.6 Å². The first kappa shape index (κ1) is 38.4. The van der Waals surface area contributed by atoms with E-state index in [1.165, 1.54) is 148 Å². The Morgan fingerprint density at radius 3 is 1.15 bits per heavy atom. The number of nitrogens with one attached hydrogen (secondary N) is 1. The molecule has 0 aromatic carbocycles. The summed E-state index contributed by atoms with van der Waals surface area (Å²) in [4.78, 5) is 12.3. The maximum atomic E-state index is 12.3. The molecule has 4 heteroatoms. The Morgan fingerprint density at radius 1 is 0.513 bits per heavy atom. The van der Waals surface area contributed by atoms with E-state index in [-0.39, 0.29) is 12.5 Å². The predicted octanol–water partition coefficient (Wildman–Crippen LogP) is 10.2. The summed E-state index contributed by atoms with van der Waals surface area (Å²) < 4.78 is 0. The predicted molar refractivity (Wildman–Crippen MR) is 170 cm³/mol. The van der Waals surface area contributed by atoms with Crippen LogP contribution in [0.3, 0.4) is 0 Å². The van der Waals surface area contributed by atoms with E-state index in [1.54, 1.807) is 0 Å². The molecule has 0 aliphatic heterocycles. The summed E-state index contributed by atoms with van der Waals surface area (Å²) in [5.74, 6) is -0.0302. The molecule has 0 radical (unpaired) electrons. The molecule has 0 fully saturated rings. The van der Waals surface area contributed by atoms with Gasteiger partial charge in [0.05, 0.1) is 18.8 Å². The molecule has 39 heavy (non-hydrogen) atoms. The lowest BCUT2D eigenvalue weighted by Gasteiger charge is -2.22. The summed E-state index contributed by atoms with van der Waals surface area (Å²) in [6, 6.07) is -0.526. The zero-order valence-electron chi connectivity index (χ0n) is 26.7. The fraction of sp³-hybridized carbons (Fsp3) is 0.971. The van der Waals surface area contributed by atoms with Crippen molar-refractivity contribution in [3.05, 3.63) is 0 Å². The minimum absolute atomic E-state index is 0.0302. The molecule has 0 spiro atoms. The van der Waals surface area contributed by atoms with Gasteiger partial charge in [0, 0.05) is 6.42 Å². The highest BCUT2D eigenvalue weighted by Crippen LogP contribution is 2.15. The average Bonchev–Trinajstić information content (AvgIpc) is 2.94. The monoisotopic (exact) mass is 554 g/mol. The van der Waals surface area contributed by atoms with Gasteiger partial charge < -0.3 is 15.5 Å². The van der Waals surface area contributed by atoms with Gasteiger partial charge in [0.2, 0.25) is 5.91 Å². The Morgan fingerprint density at radius 2 is 0.821 bits per heavy atom. The van der Waals surface area contributed by atoms with Crippen molar-refractivity contribution in [2.75, 3.05) is 6.61 Å². The second kappa shape index (κ2) is 31.9. The third-order valence-electron chi connectivity index (χ3n) is 8.37. The van der Waals surface area contributed by atoms with Gasteiger partial charge in [-0.25, -0.2) is 0 Å². The van der Waals surface area contributed by atoms with E-state index in [0.29, 0.717) is 12.8 Å². The maximum absolute atomic E-state index is 12.3. The number of aliphatic hydroxyl groups is 2. The molecule has 0 aliphatic rings. The number of hydrogen-bond donors (Lipinski definition) is 3. The van der Waals surface area contributed by atoms with Crippen LogP contribution in [0.15, 0.2) is 0 Å². The molecule has 0 aliphatic carbocycles. The van der Waals surface area contributed by atoms with Crippen LogP contribution >= 0.6 is 0 Å². The highest BCUT2D eigenvalue weighted by Gasteiger charge is 2.19. The molecule has 234 valence electrons. The quantitative estimate of drug-likeness (QED) is 0.0726. The van der Waals surface area contributed by atoms with Crippen LogP contribution in [0.2, 0.25) is 0 Å². The van der Waals surface area contributed by atoms with Gasteiger partial charge in [0.15, 0.2) is 0 Å². The van der Waals surface area contributed by atoms with E-state index in [2.05, 4.69) is 19.2 Å². The second-order valence-electron chi connectivity index (χ2n) is 12.3. The zero-order valence-corrected chi connectivity index (χ0v) is 26.7. The van der Waals surface area contributed by atoms with Crippen LogP contribution < -0.4 is 5.32 Å². The van der Waals surface area contributed by atoms with Crippen LogP contribution in [0.4, 0.5) is 0 Å². The van der Waals surface area contributed by atoms with Crippen molar-refractivity contribution in [2.24, 2.45) is 0 Å². The van der Waals surface area contributed by atoms with Gasteiger partial charge in [-0.15, -0.1) is 0 Å². The van der Waals surface area contributed by atoms with Crippen molar-refractivity contribution >= 4 is 5.91 Å². The zero-order chi connectivity index (χ0) is 28.7. The summed E-state index contributed by atoms with van der Waals surface area (Å²) in [6.07, 6.45) is 35.8. The van der Waals surface area contributed by atoms with Crippen LogP contribution in [-0.2, 0) is 4.79 Å². The second-order valence-corrected chi connectivity index (χ2v) is 12.3. The highest BCUT2D eigenvalue weighted by molar-refractivity contribution is 5.76. The third kappa shape index (κ3) is 28.7. The molecule has 0 rings (SSSR count). The molecule has 0 aromatic heterocycles. The first-order valence-corrected chi connectivity index (χ1v) is 17.7. The number of rotatable bonds is 32. The van der Waals surface area contributed by atoms with Gasteiger partial charge in [-0.1, -0.05) is 181 Å². The largest absolute Gasteiger partial charge is 0.394 e. The van der Waals surface area contributed by atoms with E-state index >= 15 is 0 Å². The van der Waals surface area contributed by atoms with Crippen molar-refractivity contribution in [1.82, 2.24) is 5.32 Å². The van der Waals surface area contributed by atoms with E-state index in [9.17, 15) is 15.0 Å². The molecule has 2 atom stereocenters. The molecule has 0 aromatic rings. The van der Waals surface area contributed by atoms with Crippen LogP contribution in [0.25, 0.3) is 0 Å². The summed E-state index contributed by atoms with van der Waals surface area (Å²) in [5, 5.41) is 23.0. The SMILES string of the molecule is CCCCCCCCCCCCCCCCCCC(=O)NC(CO)C(O)CCCCCCCCCCCCC. The minimum atomic E-state index is -0.650. The van der Waals surface area contributed by atoms with Gasteiger partial charge in [-0.3, -0.25) is 4.79 Å². The number of aliphatic hydroxyl groups excluding tert-OH is 2. The average molecular weight is 554 g/mol. The first-order chi connectivity index (χ1) is 19.2. The number of carbonyl (C=O) groups excluding carboxylic acids is 1. The van der Waals surface area contributed by atoms with Gasteiger partial charge in [-0.2, -0.15) is 0 Å². The molecular formula is C35H71NO3. The summed E-state index contributed by atoms with van der Waals surface area (Å²) >= 11 is 0. The molecule has 0 bridgehead atoms. The van der Waals surface area contributed by atoms with Gasteiger partial charge >= 0.3 is 0 Å². The van der Waals surface area contributed by atoms with Crippen molar-refractivity contribution in [3.8, 4) is 0 Å². The van der Waals surface area contributed by atoms with E-state index in [1.807, 2.05) is 0 Å². The molecule has 3 N–H and O–H groups in total. The lowest BCUT2D eigenvalue weighted by Crippen LogP contribution is -2.45. The molecular weight excluding hydrogens is 482 g/mol. The Kier molecular flexibility index (Phi) is 31.4. The van der Waals surface area contributed by atoms with Crippen LogP contribution in [0, 0.1) is 0 Å². The van der Waals surface area contributed by atoms with E-state index < -0.39 is 12.1 Å². The van der Waals surface area contributed by atoms with Crippen LogP contribution in [0.5, 0.6) is 0 Å². The van der Waals surface area contributed by atoms with Gasteiger partial charge in [0.25, 0.3) is 0 Å². The smallest absolute Gasteiger partial charge is 0.220 e. The summed E-state index contributed by atoms with van der Waals surface area (Å²) in [7, 11) is 0. The maximum Gasteiger partial charge on any atom is 0.220 e. The van der Waals surface area contributed by atoms with Crippen molar-refractivity contribution in [3.63, 3.8) is 0 Å². The normalized spacial score (nSPS) is 13.0. The Hall–Kier alpha value is -0.610. The molecule has 2 unspecified atom stereocenters. The number of hydrogen-bond acceptors (Lipinski definition) is 3. The van der Waals surface area contributed by atoms with Gasteiger partial charge in [-0.05, 0) is 12.8 Å². The molecule has 4 nitrogen and oxygen atoms in total. The summed E-state index contributed by atoms with van der Waals surface area (Å²) in [6.45, 7) is 4.35. The van der Waals surface area contributed by atoms with Crippen molar-refractivity contribution in [1.29, 1.82) is 0 Å². The molecule has 0 heterocycles. The van der Waals surface area contributed by atoms with E-state index in [4.69, 9.17) is 0 Å². The number of amides is 1. The van der Waals surface area contributed by atoms with E-state index in [0.717, 1.165) is 25.7 Å². The highest BCUT2D eigenvalue weighted by atomic mass is 16.3. The fourth-order valence-corrected chi connectivity index (χ4v) is 5.59. The minimum Gasteiger partial charge on any atom is -0.394 e. The lowest BCUT2D eigenvalue weighted by molar-refractivity contribution is -0.123. The standard InChI is InChI=1S/C35H71NO3/c1-3-5-7-9-11-13-15-16-17-18-19-21-23-25-27-29-31-35(39)36-33(32-37)34(38)30-28-26-24-22-20-14-12-10-8-6-4-2/h33-34,37-38H,3-32H2,1-2H3,(H,36,39). The van der Waals surface area contributed by atoms with Crippen LogP contribution in [-0.4, -0.2) is 34.9 Å². The molecule has 0 saturated carbocycles. The lowest BCUT2D eigenvalue weighted by atomic mass is 10.0. The number of unbranched alkanes of at least 4 members (excludes halogenated alkanes) is 25. The summed E-state index contributed by atoms with van der Waals surface area (Å²) in [5.41, 5.74) is 0. The molecule has 0 saturated heterocycles. The Labute approximate surface area is 244 Å². The number of carbonyl (C=O) groups is 1. The molecule has 1 amide bonds.